The lowest BCUT2D eigenvalue weighted by atomic mass is 9.90. The van der Waals surface area contributed by atoms with Crippen molar-refractivity contribution in [3.63, 3.8) is 0 Å². The van der Waals surface area contributed by atoms with E-state index < -0.39 is 0 Å². The van der Waals surface area contributed by atoms with Crippen molar-refractivity contribution in [2.45, 2.75) is 26.7 Å². The van der Waals surface area contributed by atoms with Crippen LogP contribution in [-0.4, -0.2) is 29.9 Å². The molecule has 0 aliphatic carbocycles. The summed E-state index contributed by atoms with van der Waals surface area (Å²) in [6.07, 6.45) is 1.16. The molecule has 0 aromatic carbocycles. The van der Waals surface area contributed by atoms with E-state index in [-0.39, 0.29) is 17.9 Å². The molecular weight excluding hydrogens is 186 g/mol. The molecule has 0 atom stereocenters. The number of nitrogens with one attached hydrogen (secondary N) is 1. The maximum atomic E-state index is 11.1. The Hall–Kier alpha value is -0.220. The Balaban J connectivity index is 3.67. The quantitative estimate of drug-likeness (QED) is 0.563. The van der Waals surface area contributed by atoms with Gasteiger partial charge in [-0.2, -0.15) is 12.6 Å². The van der Waals surface area contributed by atoms with Crippen LogP contribution < -0.4 is 5.32 Å². The van der Waals surface area contributed by atoms with Gasteiger partial charge < -0.3 is 10.4 Å². The first-order chi connectivity index (χ1) is 6.02. The van der Waals surface area contributed by atoms with Crippen molar-refractivity contribution < 1.29 is 9.90 Å². The van der Waals surface area contributed by atoms with Gasteiger partial charge in [0.2, 0.25) is 5.91 Å². The van der Waals surface area contributed by atoms with E-state index in [1.807, 2.05) is 13.8 Å². The second kappa shape index (κ2) is 6.27. The molecule has 0 heterocycles. The molecule has 1 amide bonds. The molecular formula is C9H19NO2S. The highest BCUT2D eigenvalue weighted by Gasteiger charge is 2.17. The molecule has 2 N–H and O–H groups in total. The monoisotopic (exact) mass is 205 g/mol. The summed E-state index contributed by atoms with van der Waals surface area (Å²) in [7, 11) is 0. The van der Waals surface area contributed by atoms with Crippen molar-refractivity contribution in [3.05, 3.63) is 0 Å². The van der Waals surface area contributed by atoms with Gasteiger partial charge in [-0.05, 0) is 17.6 Å². The van der Waals surface area contributed by atoms with Crippen LogP contribution in [0.5, 0.6) is 0 Å². The molecule has 0 aliphatic heterocycles. The first-order valence-electron chi connectivity index (χ1n) is 4.50. The van der Waals surface area contributed by atoms with Crippen molar-refractivity contribution in [2.75, 3.05) is 18.9 Å². The molecule has 13 heavy (non-hydrogen) atoms. The van der Waals surface area contributed by atoms with Crippen LogP contribution in [0.1, 0.15) is 26.7 Å². The second-order valence-electron chi connectivity index (χ2n) is 3.89. The van der Waals surface area contributed by atoms with Crippen LogP contribution in [0.25, 0.3) is 0 Å². The summed E-state index contributed by atoms with van der Waals surface area (Å²) < 4.78 is 0. The molecule has 78 valence electrons. The van der Waals surface area contributed by atoms with E-state index in [1.165, 1.54) is 0 Å². The third-order valence-corrected chi connectivity index (χ3v) is 2.12. The first kappa shape index (κ1) is 12.8. The number of hydrogen-bond acceptors (Lipinski definition) is 3. The van der Waals surface area contributed by atoms with E-state index in [0.29, 0.717) is 25.1 Å². The van der Waals surface area contributed by atoms with Crippen LogP contribution in [0.3, 0.4) is 0 Å². The van der Waals surface area contributed by atoms with E-state index >= 15 is 0 Å². The van der Waals surface area contributed by atoms with Crippen LogP contribution in [-0.2, 0) is 4.79 Å². The Labute approximate surface area is 85.3 Å². The van der Waals surface area contributed by atoms with Gasteiger partial charge in [0, 0.05) is 19.6 Å². The van der Waals surface area contributed by atoms with Crippen molar-refractivity contribution in [1.29, 1.82) is 0 Å². The summed E-state index contributed by atoms with van der Waals surface area (Å²) in [5.74, 6) is 0.604. The fourth-order valence-electron chi connectivity index (χ4n) is 0.919. The van der Waals surface area contributed by atoms with E-state index in [9.17, 15) is 4.79 Å². The lowest BCUT2D eigenvalue weighted by Crippen LogP contribution is -2.34. The zero-order chi connectivity index (χ0) is 10.3. The number of carbonyl (C=O) groups excluding carboxylic acids is 1. The van der Waals surface area contributed by atoms with E-state index in [1.54, 1.807) is 0 Å². The molecule has 0 fully saturated rings. The molecule has 4 heteroatoms. The molecule has 0 spiro atoms. The second-order valence-corrected chi connectivity index (χ2v) is 4.34. The van der Waals surface area contributed by atoms with Crippen molar-refractivity contribution in [3.8, 4) is 0 Å². The molecule has 0 saturated carbocycles. The Morgan fingerprint density at radius 1 is 1.54 bits per heavy atom. The van der Waals surface area contributed by atoms with Gasteiger partial charge in [0.1, 0.15) is 0 Å². The number of carbonyl (C=O) groups is 1. The largest absolute Gasteiger partial charge is 0.396 e. The fourth-order valence-corrected chi connectivity index (χ4v) is 1.12. The SMILES string of the molecule is CC(C)(CCO)CNC(=O)CCS. The highest BCUT2D eigenvalue weighted by Crippen LogP contribution is 2.17. The van der Waals surface area contributed by atoms with Gasteiger partial charge >= 0.3 is 0 Å². The minimum atomic E-state index is -0.0268. The van der Waals surface area contributed by atoms with Crippen molar-refractivity contribution >= 4 is 18.5 Å². The average molecular weight is 205 g/mol. The number of rotatable bonds is 6. The predicted molar refractivity (Wildman–Crippen MR) is 57.0 cm³/mol. The van der Waals surface area contributed by atoms with Gasteiger partial charge in [0.15, 0.2) is 0 Å². The molecule has 0 aromatic rings. The van der Waals surface area contributed by atoms with Gasteiger partial charge in [0.25, 0.3) is 0 Å². The Morgan fingerprint density at radius 3 is 2.62 bits per heavy atom. The minimum absolute atomic E-state index is 0.0268. The maximum Gasteiger partial charge on any atom is 0.220 e. The lowest BCUT2D eigenvalue weighted by Gasteiger charge is -2.23. The molecule has 3 nitrogen and oxygen atoms in total. The normalized spacial score (nSPS) is 11.4. The third kappa shape index (κ3) is 6.90. The standard InChI is InChI=1S/C9H19NO2S/c1-9(2,4-5-11)7-10-8(12)3-6-13/h11,13H,3-7H2,1-2H3,(H,10,12). The zero-order valence-corrected chi connectivity index (χ0v) is 9.23. The predicted octanol–water partition coefficient (Wildman–Crippen LogP) is 0.831. The number of thiol groups is 1. The Morgan fingerprint density at radius 2 is 2.15 bits per heavy atom. The molecule has 0 saturated heterocycles. The van der Waals surface area contributed by atoms with E-state index in [2.05, 4.69) is 17.9 Å². The van der Waals surface area contributed by atoms with Gasteiger partial charge in [-0.1, -0.05) is 13.8 Å². The maximum absolute atomic E-state index is 11.1. The number of aliphatic hydroxyl groups is 1. The van der Waals surface area contributed by atoms with Crippen LogP contribution in [0.15, 0.2) is 0 Å². The van der Waals surface area contributed by atoms with Crippen molar-refractivity contribution in [1.82, 2.24) is 5.32 Å². The summed E-state index contributed by atoms with van der Waals surface area (Å²) in [6, 6.07) is 0. The number of aliphatic hydroxyl groups excluding tert-OH is 1. The summed E-state index contributed by atoms with van der Waals surface area (Å²) in [5, 5.41) is 11.6. The molecule has 0 radical (unpaired) electrons. The molecule has 0 aliphatic rings. The fraction of sp³-hybridized carbons (Fsp3) is 0.889. The molecule has 0 unspecified atom stereocenters. The topological polar surface area (TPSA) is 49.3 Å². The van der Waals surface area contributed by atoms with Crippen molar-refractivity contribution in [2.24, 2.45) is 5.41 Å². The van der Waals surface area contributed by atoms with Gasteiger partial charge in [-0.3, -0.25) is 4.79 Å². The highest BCUT2D eigenvalue weighted by molar-refractivity contribution is 7.80. The first-order valence-corrected chi connectivity index (χ1v) is 5.13. The van der Waals surface area contributed by atoms with Gasteiger partial charge in [-0.25, -0.2) is 0 Å². The summed E-state index contributed by atoms with van der Waals surface area (Å²) in [4.78, 5) is 11.1. The Bertz CT molecular complexity index is 160. The summed E-state index contributed by atoms with van der Waals surface area (Å²) in [5.41, 5.74) is -0.0268. The minimum Gasteiger partial charge on any atom is -0.396 e. The van der Waals surface area contributed by atoms with Gasteiger partial charge in [0.05, 0.1) is 0 Å². The van der Waals surface area contributed by atoms with Crippen LogP contribution >= 0.6 is 12.6 Å². The van der Waals surface area contributed by atoms with Crippen LogP contribution in [0.4, 0.5) is 0 Å². The number of hydrogen-bond donors (Lipinski definition) is 3. The lowest BCUT2D eigenvalue weighted by molar-refractivity contribution is -0.121. The molecule has 0 aromatic heterocycles. The Kier molecular flexibility index (Phi) is 6.16. The van der Waals surface area contributed by atoms with Gasteiger partial charge in [-0.15, -0.1) is 0 Å². The smallest absolute Gasteiger partial charge is 0.220 e. The van der Waals surface area contributed by atoms with Crippen LogP contribution in [0.2, 0.25) is 0 Å². The highest BCUT2D eigenvalue weighted by atomic mass is 32.1. The van der Waals surface area contributed by atoms with E-state index in [4.69, 9.17) is 5.11 Å². The molecule has 0 bridgehead atoms. The summed E-state index contributed by atoms with van der Waals surface area (Å²) >= 11 is 3.97. The third-order valence-electron chi connectivity index (χ3n) is 1.89. The zero-order valence-electron chi connectivity index (χ0n) is 8.34. The van der Waals surface area contributed by atoms with E-state index in [0.717, 1.165) is 0 Å². The van der Waals surface area contributed by atoms with Crippen LogP contribution in [0, 0.1) is 5.41 Å². The average Bonchev–Trinajstić information content (AvgIpc) is 2.02. The number of amides is 1. The summed E-state index contributed by atoms with van der Waals surface area (Å²) in [6.45, 7) is 4.81. The molecule has 0 rings (SSSR count).